The molecule has 21 heavy (non-hydrogen) atoms. The lowest BCUT2D eigenvalue weighted by Gasteiger charge is -2.39. The van der Waals surface area contributed by atoms with Gasteiger partial charge in [-0.05, 0) is 79.3 Å². The number of hydrogen-bond donors (Lipinski definition) is 0. The number of nitrogens with zero attached hydrogens (tertiary/aromatic N) is 2. The summed E-state index contributed by atoms with van der Waals surface area (Å²) in [6.45, 7) is 13.6. The lowest BCUT2D eigenvalue weighted by atomic mass is 9.88. The molecule has 0 aliphatic carbocycles. The molecule has 0 saturated carbocycles. The van der Waals surface area contributed by atoms with Crippen LogP contribution in [0.15, 0.2) is 0 Å². The topological polar surface area (TPSA) is 32.8 Å². The van der Waals surface area contributed by atoms with Crippen LogP contribution in [0.3, 0.4) is 0 Å². The molecular weight excluding hydrogens is 264 g/mol. The smallest absolute Gasteiger partial charge is 0.330 e. The minimum atomic E-state index is -0.422. The first-order valence-corrected chi connectivity index (χ1v) is 8.52. The number of carbonyl (C=O) groups is 1. The summed E-state index contributed by atoms with van der Waals surface area (Å²) in [5, 5.41) is 1.99. The molecule has 2 saturated heterocycles. The molecule has 2 aliphatic rings. The SMILES string of the molecule is CC(C)N1CCC(C2CCCN2OC(=O)C(C)(C)C)CC1. The van der Waals surface area contributed by atoms with E-state index in [1.165, 1.54) is 32.4 Å². The van der Waals surface area contributed by atoms with Crippen molar-refractivity contribution < 1.29 is 9.63 Å². The Morgan fingerprint density at radius 1 is 1.10 bits per heavy atom. The van der Waals surface area contributed by atoms with Crippen LogP contribution in [0.4, 0.5) is 0 Å². The first-order valence-electron chi connectivity index (χ1n) is 8.52. The van der Waals surface area contributed by atoms with Gasteiger partial charge in [0.05, 0.1) is 5.41 Å². The molecule has 1 unspecified atom stereocenters. The zero-order chi connectivity index (χ0) is 15.6. The van der Waals surface area contributed by atoms with Crippen LogP contribution in [0, 0.1) is 11.3 Å². The fraction of sp³-hybridized carbons (Fsp3) is 0.941. The molecule has 2 fully saturated rings. The number of carbonyl (C=O) groups excluding carboxylic acids is 1. The predicted octanol–water partition coefficient (Wildman–Crippen LogP) is 3.08. The first kappa shape index (κ1) is 16.8. The highest BCUT2D eigenvalue weighted by Gasteiger charge is 2.37. The van der Waals surface area contributed by atoms with E-state index >= 15 is 0 Å². The van der Waals surface area contributed by atoms with Crippen molar-refractivity contribution in [1.82, 2.24) is 9.96 Å². The van der Waals surface area contributed by atoms with Gasteiger partial charge in [-0.3, -0.25) is 0 Å². The van der Waals surface area contributed by atoms with Gasteiger partial charge in [0.1, 0.15) is 0 Å². The third-order valence-electron chi connectivity index (χ3n) is 4.91. The fourth-order valence-electron chi connectivity index (χ4n) is 3.41. The molecule has 0 aromatic heterocycles. The molecule has 0 spiro atoms. The number of piperidine rings is 1. The summed E-state index contributed by atoms with van der Waals surface area (Å²) in [4.78, 5) is 20.4. The highest BCUT2D eigenvalue weighted by Crippen LogP contribution is 2.32. The summed E-state index contributed by atoms with van der Waals surface area (Å²) in [5.41, 5.74) is -0.422. The Balaban J connectivity index is 1.89. The van der Waals surface area contributed by atoms with Crippen LogP contribution in [0.2, 0.25) is 0 Å². The first-order chi connectivity index (χ1) is 9.79. The summed E-state index contributed by atoms with van der Waals surface area (Å²) in [6.07, 6.45) is 4.77. The Morgan fingerprint density at radius 3 is 2.24 bits per heavy atom. The van der Waals surface area contributed by atoms with Gasteiger partial charge < -0.3 is 9.74 Å². The second kappa shape index (κ2) is 6.66. The van der Waals surface area contributed by atoms with Gasteiger partial charge in [-0.1, -0.05) is 0 Å². The third kappa shape index (κ3) is 4.19. The summed E-state index contributed by atoms with van der Waals surface area (Å²) in [7, 11) is 0. The van der Waals surface area contributed by atoms with Crippen molar-refractivity contribution in [3.05, 3.63) is 0 Å². The maximum Gasteiger partial charge on any atom is 0.330 e. The van der Waals surface area contributed by atoms with E-state index in [9.17, 15) is 4.79 Å². The summed E-state index contributed by atoms with van der Waals surface area (Å²) < 4.78 is 0. The van der Waals surface area contributed by atoms with Gasteiger partial charge in [0.25, 0.3) is 0 Å². The molecule has 0 radical (unpaired) electrons. The van der Waals surface area contributed by atoms with Gasteiger partial charge in [-0.2, -0.15) is 0 Å². The molecule has 2 heterocycles. The standard InChI is InChI=1S/C17H32N2O2/c1-13(2)18-11-8-14(9-12-18)15-7-6-10-19(15)21-16(20)17(3,4)5/h13-15H,6-12H2,1-5H3. The maximum absolute atomic E-state index is 12.1. The molecule has 1 atom stereocenters. The minimum Gasteiger partial charge on any atom is -0.367 e. The van der Waals surface area contributed by atoms with Crippen molar-refractivity contribution in [2.24, 2.45) is 11.3 Å². The monoisotopic (exact) mass is 296 g/mol. The quantitative estimate of drug-likeness (QED) is 0.801. The van der Waals surface area contributed by atoms with Gasteiger partial charge in [-0.15, -0.1) is 5.06 Å². The number of likely N-dealkylation sites (tertiary alicyclic amines) is 1. The normalized spacial score (nSPS) is 26.5. The van der Waals surface area contributed by atoms with Crippen LogP contribution in [0.5, 0.6) is 0 Å². The predicted molar refractivity (Wildman–Crippen MR) is 84.7 cm³/mol. The Labute approximate surface area is 129 Å². The zero-order valence-electron chi connectivity index (χ0n) is 14.4. The molecule has 122 valence electrons. The third-order valence-corrected chi connectivity index (χ3v) is 4.91. The van der Waals surface area contributed by atoms with E-state index < -0.39 is 5.41 Å². The van der Waals surface area contributed by atoms with E-state index in [0.717, 1.165) is 13.0 Å². The van der Waals surface area contributed by atoms with Gasteiger partial charge in [0.15, 0.2) is 0 Å². The molecule has 4 heteroatoms. The second-order valence-corrected chi connectivity index (χ2v) is 7.95. The van der Waals surface area contributed by atoms with Crippen molar-refractivity contribution in [3.63, 3.8) is 0 Å². The summed E-state index contributed by atoms with van der Waals surface area (Å²) in [5.74, 6) is 0.573. The van der Waals surface area contributed by atoms with Gasteiger partial charge in [0, 0.05) is 18.6 Å². The molecule has 0 aromatic carbocycles. The molecule has 2 aliphatic heterocycles. The highest BCUT2D eigenvalue weighted by molar-refractivity contribution is 5.75. The van der Waals surface area contributed by atoms with Crippen molar-refractivity contribution in [2.75, 3.05) is 19.6 Å². The Morgan fingerprint density at radius 2 is 1.71 bits per heavy atom. The van der Waals surface area contributed by atoms with Crippen LogP contribution in [-0.4, -0.2) is 47.7 Å². The van der Waals surface area contributed by atoms with Crippen molar-refractivity contribution >= 4 is 5.97 Å². The van der Waals surface area contributed by atoms with Crippen LogP contribution in [0.1, 0.15) is 60.3 Å². The number of hydrogen-bond acceptors (Lipinski definition) is 4. The number of hydroxylamine groups is 2. The van der Waals surface area contributed by atoms with Crippen LogP contribution in [-0.2, 0) is 9.63 Å². The van der Waals surface area contributed by atoms with E-state index in [4.69, 9.17) is 4.84 Å². The van der Waals surface area contributed by atoms with E-state index in [1.54, 1.807) is 0 Å². The largest absolute Gasteiger partial charge is 0.367 e. The Hall–Kier alpha value is -0.610. The van der Waals surface area contributed by atoms with Crippen LogP contribution < -0.4 is 0 Å². The van der Waals surface area contributed by atoms with Crippen molar-refractivity contribution in [3.8, 4) is 0 Å². The van der Waals surface area contributed by atoms with E-state index in [1.807, 2.05) is 25.8 Å². The van der Waals surface area contributed by atoms with Crippen molar-refractivity contribution in [2.45, 2.75) is 72.4 Å². The van der Waals surface area contributed by atoms with Crippen LogP contribution >= 0.6 is 0 Å². The van der Waals surface area contributed by atoms with Gasteiger partial charge in [0.2, 0.25) is 0 Å². The average Bonchev–Trinajstić information content (AvgIpc) is 2.86. The molecule has 0 aromatic rings. The second-order valence-electron chi connectivity index (χ2n) is 7.95. The summed E-state index contributed by atoms with van der Waals surface area (Å²) >= 11 is 0. The molecule has 0 N–H and O–H groups in total. The highest BCUT2D eigenvalue weighted by atomic mass is 16.7. The van der Waals surface area contributed by atoms with Gasteiger partial charge in [-0.25, -0.2) is 4.79 Å². The molecule has 2 rings (SSSR count). The lowest BCUT2D eigenvalue weighted by molar-refractivity contribution is -0.209. The average molecular weight is 296 g/mol. The fourth-order valence-corrected chi connectivity index (χ4v) is 3.41. The molecule has 0 bridgehead atoms. The summed E-state index contributed by atoms with van der Waals surface area (Å²) in [6, 6.07) is 1.08. The lowest BCUT2D eigenvalue weighted by Crippen LogP contribution is -2.45. The van der Waals surface area contributed by atoms with E-state index in [0.29, 0.717) is 18.0 Å². The molecule has 4 nitrogen and oxygen atoms in total. The number of rotatable bonds is 3. The molecule has 0 amide bonds. The maximum atomic E-state index is 12.1. The Kier molecular flexibility index (Phi) is 5.31. The van der Waals surface area contributed by atoms with E-state index in [-0.39, 0.29) is 5.97 Å². The molecular formula is C17H32N2O2. The Bertz CT molecular complexity index is 354. The van der Waals surface area contributed by atoms with Crippen LogP contribution in [0.25, 0.3) is 0 Å². The minimum absolute atomic E-state index is 0.103. The zero-order valence-corrected chi connectivity index (χ0v) is 14.4. The van der Waals surface area contributed by atoms with Crippen molar-refractivity contribution in [1.29, 1.82) is 0 Å². The van der Waals surface area contributed by atoms with Gasteiger partial charge >= 0.3 is 5.97 Å². The van der Waals surface area contributed by atoms with E-state index in [2.05, 4.69) is 18.7 Å².